The van der Waals surface area contributed by atoms with Crippen LogP contribution in [0.2, 0.25) is 0 Å². The second-order valence-corrected chi connectivity index (χ2v) is 8.52. The lowest BCUT2D eigenvalue weighted by Gasteiger charge is -2.18. The minimum absolute atomic E-state index is 0.0992. The van der Waals surface area contributed by atoms with Gasteiger partial charge in [0, 0.05) is 17.5 Å². The maximum Gasteiger partial charge on any atom is 0.305 e. The van der Waals surface area contributed by atoms with Crippen LogP contribution in [0.5, 0.6) is 0 Å². The summed E-state index contributed by atoms with van der Waals surface area (Å²) < 4.78 is 16.1. The molecule has 0 fully saturated rings. The van der Waals surface area contributed by atoms with Gasteiger partial charge in [0.2, 0.25) is 0 Å². The molecule has 0 aliphatic rings. The Morgan fingerprint density at radius 2 is 1.87 bits per heavy atom. The van der Waals surface area contributed by atoms with Gasteiger partial charge in [-0.1, -0.05) is 26.0 Å². The second-order valence-electron chi connectivity index (χ2n) is 7.70. The number of rotatable bonds is 8. The molecule has 1 aromatic carbocycles. The molecule has 0 amide bonds. The van der Waals surface area contributed by atoms with E-state index in [0.29, 0.717) is 11.3 Å². The van der Waals surface area contributed by atoms with Crippen LogP contribution in [0.25, 0.3) is 22.9 Å². The zero-order chi connectivity index (χ0) is 22.7. The lowest BCUT2D eigenvalue weighted by Crippen LogP contribution is -2.19. The molecule has 0 aliphatic carbocycles. The Bertz CT molecular complexity index is 1110. The quantitative estimate of drug-likeness (QED) is 0.427. The van der Waals surface area contributed by atoms with Crippen molar-refractivity contribution >= 4 is 33.5 Å². The number of aliphatic hydroxyl groups is 2. The Morgan fingerprint density at radius 1 is 1.19 bits per heavy atom. The smallest absolute Gasteiger partial charge is 0.305 e. The van der Waals surface area contributed by atoms with Gasteiger partial charge in [0.05, 0.1) is 29.8 Å². The molecule has 3 rings (SSSR count). The summed E-state index contributed by atoms with van der Waals surface area (Å²) in [6.07, 6.45) is 0.535. The SMILES string of the molecule is CC(C)c1c(/C=C/C(O)CC(O)CC(=O)O)c(-c2ccc(F)cc2)nn2c(Br)ccc12. The highest BCUT2D eigenvalue weighted by Crippen LogP contribution is 2.34. The Kier molecular flexibility index (Phi) is 7.25. The summed E-state index contributed by atoms with van der Waals surface area (Å²) in [5.74, 6) is -1.37. The number of aliphatic hydroxyl groups excluding tert-OH is 2. The van der Waals surface area contributed by atoms with Gasteiger partial charge in [0.15, 0.2) is 0 Å². The third kappa shape index (κ3) is 5.39. The molecule has 2 unspecified atom stereocenters. The molecule has 0 aliphatic heterocycles. The van der Waals surface area contributed by atoms with Crippen molar-refractivity contribution in [2.45, 2.75) is 44.8 Å². The van der Waals surface area contributed by atoms with E-state index in [1.54, 1.807) is 22.7 Å². The Balaban J connectivity index is 2.11. The summed E-state index contributed by atoms with van der Waals surface area (Å²) in [5.41, 5.74) is 3.99. The van der Waals surface area contributed by atoms with E-state index in [9.17, 15) is 19.4 Å². The van der Waals surface area contributed by atoms with E-state index >= 15 is 0 Å². The molecular weight excluding hydrogens is 467 g/mol. The number of aliphatic carboxylic acids is 1. The third-order valence-electron chi connectivity index (χ3n) is 4.93. The van der Waals surface area contributed by atoms with Gasteiger partial charge in [-0.05, 0) is 63.8 Å². The van der Waals surface area contributed by atoms with Crippen molar-refractivity contribution in [3.63, 3.8) is 0 Å². The van der Waals surface area contributed by atoms with Crippen molar-refractivity contribution in [3.05, 3.63) is 64.0 Å². The maximum absolute atomic E-state index is 13.5. The minimum Gasteiger partial charge on any atom is -0.481 e. The number of nitrogens with zero attached hydrogens (tertiary/aromatic N) is 2. The number of hydrogen-bond acceptors (Lipinski definition) is 4. The number of carbonyl (C=O) groups is 1. The van der Waals surface area contributed by atoms with Gasteiger partial charge in [-0.15, -0.1) is 0 Å². The normalized spacial score (nSPS) is 13.9. The predicted octanol–water partition coefficient (Wildman–Crippen LogP) is 4.63. The minimum atomic E-state index is -1.15. The summed E-state index contributed by atoms with van der Waals surface area (Å²) in [5, 5.41) is 33.6. The topological polar surface area (TPSA) is 95.1 Å². The first-order chi connectivity index (χ1) is 14.7. The van der Waals surface area contributed by atoms with E-state index in [0.717, 1.165) is 21.2 Å². The molecule has 2 heterocycles. The van der Waals surface area contributed by atoms with E-state index < -0.39 is 24.6 Å². The Morgan fingerprint density at radius 3 is 2.48 bits per heavy atom. The first-order valence-electron chi connectivity index (χ1n) is 9.90. The molecule has 2 aromatic heterocycles. The van der Waals surface area contributed by atoms with E-state index in [2.05, 4.69) is 29.8 Å². The van der Waals surface area contributed by atoms with Gasteiger partial charge in [-0.2, -0.15) is 5.10 Å². The fourth-order valence-electron chi connectivity index (χ4n) is 3.57. The standard InChI is InChI=1S/C23H24BrFN2O4/c1-13(2)22-18(8-7-16(28)11-17(29)12-21(30)31)23(14-3-5-15(25)6-4-14)26-27-19(22)9-10-20(27)24/h3-10,13,16-17,28-29H,11-12H2,1-2H3,(H,30,31)/b8-7+. The van der Waals surface area contributed by atoms with Crippen LogP contribution < -0.4 is 0 Å². The van der Waals surface area contributed by atoms with Crippen molar-refractivity contribution in [1.82, 2.24) is 9.61 Å². The summed E-state index contributed by atoms with van der Waals surface area (Å²) in [6.45, 7) is 4.10. The van der Waals surface area contributed by atoms with Crippen LogP contribution >= 0.6 is 15.9 Å². The Hall–Kier alpha value is -2.55. The molecule has 2 atom stereocenters. The molecule has 0 saturated heterocycles. The maximum atomic E-state index is 13.5. The molecule has 0 radical (unpaired) electrons. The first kappa shape index (κ1) is 23.1. The van der Waals surface area contributed by atoms with E-state index in [1.807, 2.05) is 12.1 Å². The van der Waals surface area contributed by atoms with Gasteiger partial charge in [0.25, 0.3) is 0 Å². The van der Waals surface area contributed by atoms with E-state index in [-0.39, 0.29) is 18.2 Å². The highest BCUT2D eigenvalue weighted by atomic mass is 79.9. The van der Waals surface area contributed by atoms with E-state index in [4.69, 9.17) is 10.2 Å². The summed E-state index contributed by atoms with van der Waals surface area (Å²) >= 11 is 3.51. The Labute approximate surface area is 187 Å². The summed E-state index contributed by atoms with van der Waals surface area (Å²) in [4.78, 5) is 10.7. The number of carboxylic acid groups (broad SMARTS) is 1. The fourth-order valence-corrected chi connectivity index (χ4v) is 3.98. The van der Waals surface area contributed by atoms with Crippen LogP contribution in [0.15, 0.2) is 47.1 Å². The molecule has 164 valence electrons. The van der Waals surface area contributed by atoms with Crippen molar-refractivity contribution < 1.29 is 24.5 Å². The highest BCUT2D eigenvalue weighted by Gasteiger charge is 2.20. The number of benzene rings is 1. The molecule has 3 N–H and O–H groups in total. The monoisotopic (exact) mass is 490 g/mol. The molecule has 8 heteroatoms. The van der Waals surface area contributed by atoms with Crippen molar-refractivity contribution in [3.8, 4) is 11.3 Å². The lowest BCUT2D eigenvalue weighted by atomic mass is 9.93. The predicted molar refractivity (Wildman–Crippen MR) is 120 cm³/mol. The number of hydrogen-bond donors (Lipinski definition) is 3. The van der Waals surface area contributed by atoms with Crippen LogP contribution in [-0.2, 0) is 4.79 Å². The lowest BCUT2D eigenvalue weighted by molar-refractivity contribution is -0.139. The second kappa shape index (κ2) is 9.72. The van der Waals surface area contributed by atoms with E-state index in [1.165, 1.54) is 18.2 Å². The van der Waals surface area contributed by atoms with Gasteiger partial charge in [-0.3, -0.25) is 4.79 Å². The fraction of sp³-hybridized carbons (Fsp3) is 0.304. The highest BCUT2D eigenvalue weighted by molar-refractivity contribution is 9.10. The molecule has 0 spiro atoms. The zero-order valence-electron chi connectivity index (χ0n) is 17.2. The molecule has 0 saturated carbocycles. The van der Waals surface area contributed by atoms with Crippen LogP contribution in [0, 0.1) is 5.82 Å². The van der Waals surface area contributed by atoms with Crippen molar-refractivity contribution in [1.29, 1.82) is 0 Å². The molecule has 3 aromatic rings. The molecule has 31 heavy (non-hydrogen) atoms. The molecular formula is C23H24BrFN2O4. The number of aromatic nitrogens is 2. The number of carboxylic acids is 1. The zero-order valence-corrected chi connectivity index (χ0v) is 18.8. The molecule has 6 nitrogen and oxygen atoms in total. The van der Waals surface area contributed by atoms with Crippen LogP contribution in [-0.4, -0.2) is 43.1 Å². The van der Waals surface area contributed by atoms with Crippen LogP contribution in [0.1, 0.15) is 43.7 Å². The molecule has 0 bridgehead atoms. The average Bonchev–Trinajstić information content (AvgIpc) is 3.05. The third-order valence-corrected chi connectivity index (χ3v) is 5.53. The average molecular weight is 491 g/mol. The van der Waals surface area contributed by atoms with Gasteiger partial charge in [0.1, 0.15) is 10.4 Å². The first-order valence-corrected chi connectivity index (χ1v) is 10.7. The number of fused-ring (bicyclic) bond motifs is 1. The van der Waals surface area contributed by atoms with Crippen LogP contribution in [0.3, 0.4) is 0 Å². The number of halogens is 2. The van der Waals surface area contributed by atoms with Gasteiger partial charge in [-0.25, -0.2) is 8.91 Å². The van der Waals surface area contributed by atoms with Crippen molar-refractivity contribution in [2.24, 2.45) is 0 Å². The van der Waals surface area contributed by atoms with Gasteiger partial charge < -0.3 is 15.3 Å². The van der Waals surface area contributed by atoms with Gasteiger partial charge >= 0.3 is 5.97 Å². The summed E-state index contributed by atoms with van der Waals surface area (Å²) in [7, 11) is 0. The van der Waals surface area contributed by atoms with Crippen molar-refractivity contribution in [2.75, 3.05) is 0 Å². The summed E-state index contributed by atoms with van der Waals surface area (Å²) in [6, 6.07) is 9.88. The largest absolute Gasteiger partial charge is 0.481 e. The van der Waals surface area contributed by atoms with Crippen LogP contribution in [0.4, 0.5) is 4.39 Å².